The van der Waals surface area contributed by atoms with Crippen LogP contribution in [0.25, 0.3) is 0 Å². The fourth-order valence-electron chi connectivity index (χ4n) is 1.75. The van der Waals surface area contributed by atoms with E-state index in [1.807, 2.05) is 0 Å². The SMILES string of the molecule is Fc1cccc(OCOc2c(F)cccc2OCBr)c1OCBr. The van der Waals surface area contributed by atoms with Gasteiger partial charge in [0.1, 0.15) is 11.0 Å². The minimum atomic E-state index is -0.594. The minimum absolute atomic E-state index is 0.0570. The standard InChI is InChI=1S/C15H12Br2F2O4/c16-7-20-12-5-1-4-11(19)15(12)23-9-22-13-6-2-3-10(18)14(13)21-8-17/h1-6H,7-9H2. The summed E-state index contributed by atoms with van der Waals surface area (Å²) >= 11 is 6.14. The van der Waals surface area contributed by atoms with Gasteiger partial charge in [0, 0.05) is 0 Å². The van der Waals surface area contributed by atoms with Gasteiger partial charge in [-0.3, -0.25) is 0 Å². The molecule has 23 heavy (non-hydrogen) atoms. The van der Waals surface area contributed by atoms with E-state index in [4.69, 9.17) is 18.9 Å². The molecule has 0 saturated carbocycles. The molecular formula is C15H12Br2F2O4. The van der Waals surface area contributed by atoms with E-state index >= 15 is 0 Å². The first-order valence-electron chi connectivity index (χ1n) is 6.37. The van der Waals surface area contributed by atoms with Gasteiger partial charge in [-0.2, -0.15) is 0 Å². The molecule has 0 heterocycles. The zero-order valence-corrected chi connectivity index (χ0v) is 14.9. The van der Waals surface area contributed by atoms with Gasteiger partial charge in [0.05, 0.1) is 0 Å². The van der Waals surface area contributed by atoms with E-state index in [1.165, 1.54) is 30.3 Å². The Morgan fingerprint density at radius 3 is 1.78 bits per heavy atom. The predicted octanol–water partition coefficient (Wildman–Crippen LogP) is 4.84. The summed E-state index contributed by atoms with van der Waals surface area (Å²) in [5.41, 5.74) is 0.280. The number of para-hydroxylation sites is 2. The van der Waals surface area contributed by atoms with Crippen molar-refractivity contribution in [3.05, 3.63) is 48.0 Å². The maximum absolute atomic E-state index is 13.8. The van der Waals surface area contributed by atoms with Crippen LogP contribution < -0.4 is 18.9 Å². The second-order valence-electron chi connectivity index (χ2n) is 4.05. The maximum Gasteiger partial charge on any atom is 0.231 e. The molecular weight excluding hydrogens is 442 g/mol. The number of rotatable bonds is 8. The molecule has 0 N–H and O–H groups in total. The second kappa shape index (κ2) is 8.93. The number of benzene rings is 2. The lowest BCUT2D eigenvalue weighted by atomic mass is 10.3. The molecule has 0 saturated heterocycles. The smallest absolute Gasteiger partial charge is 0.231 e. The first-order valence-corrected chi connectivity index (χ1v) is 8.61. The van der Waals surface area contributed by atoms with Crippen molar-refractivity contribution in [1.29, 1.82) is 0 Å². The first kappa shape index (κ1) is 17.8. The van der Waals surface area contributed by atoms with Crippen molar-refractivity contribution in [1.82, 2.24) is 0 Å². The van der Waals surface area contributed by atoms with Crippen LogP contribution in [0.3, 0.4) is 0 Å². The van der Waals surface area contributed by atoms with Crippen LogP contribution >= 0.6 is 31.9 Å². The molecule has 4 nitrogen and oxygen atoms in total. The number of hydrogen-bond donors (Lipinski definition) is 0. The van der Waals surface area contributed by atoms with E-state index in [-0.39, 0.29) is 40.8 Å². The van der Waals surface area contributed by atoms with Crippen LogP contribution in [0.15, 0.2) is 36.4 Å². The molecule has 0 radical (unpaired) electrons. The zero-order valence-electron chi connectivity index (χ0n) is 11.7. The Morgan fingerprint density at radius 1 is 0.696 bits per heavy atom. The topological polar surface area (TPSA) is 36.9 Å². The molecule has 0 fully saturated rings. The fraction of sp³-hybridized carbons (Fsp3) is 0.200. The van der Waals surface area contributed by atoms with Crippen LogP contribution in [0.2, 0.25) is 0 Å². The van der Waals surface area contributed by atoms with E-state index in [9.17, 15) is 8.78 Å². The van der Waals surface area contributed by atoms with E-state index in [0.29, 0.717) is 0 Å². The lowest BCUT2D eigenvalue weighted by Crippen LogP contribution is -2.09. The van der Waals surface area contributed by atoms with Crippen molar-refractivity contribution in [2.24, 2.45) is 0 Å². The summed E-state index contributed by atoms with van der Waals surface area (Å²) in [6, 6.07) is 8.51. The molecule has 0 bridgehead atoms. The molecule has 0 unspecified atom stereocenters. The van der Waals surface area contributed by atoms with Crippen molar-refractivity contribution in [3.63, 3.8) is 0 Å². The molecule has 0 aliphatic carbocycles. The lowest BCUT2D eigenvalue weighted by Gasteiger charge is -2.14. The third-order valence-electron chi connectivity index (χ3n) is 2.69. The molecule has 2 aromatic carbocycles. The van der Waals surface area contributed by atoms with Crippen LogP contribution in [-0.4, -0.2) is 17.8 Å². The summed E-state index contributed by atoms with van der Waals surface area (Å²) in [4.78, 5) is 0. The summed E-state index contributed by atoms with van der Waals surface area (Å²) in [7, 11) is 0. The molecule has 0 aliphatic heterocycles. The molecule has 0 amide bonds. The van der Waals surface area contributed by atoms with Gasteiger partial charge in [-0.05, 0) is 56.1 Å². The molecule has 0 spiro atoms. The highest BCUT2D eigenvalue weighted by atomic mass is 79.9. The third-order valence-corrected chi connectivity index (χ3v) is 3.15. The Bertz CT molecular complexity index is 655. The summed E-state index contributed by atoms with van der Waals surface area (Å²) in [5, 5.41) is 0. The van der Waals surface area contributed by atoms with Crippen LogP contribution in [-0.2, 0) is 0 Å². The van der Waals surface area contributed by atoms with E-state index in [0.717, 1.165) is 0 Å². The normalized spacial score (nSPS) is 10.3. The Kier molecular flexibility index (Phi) is 6.91. The Labute approximate surface area is 148 Å². The van der Waals surface area contributed by atoms with Gasteiger partial charge in [0.25, 0.3) is 0 Å². The average Bonchev–Trinajstić information content (AvgIpc) is 2.53. The minimum Gasteiger partial charge on any atom is -0.478 e. The van der Waals surface area contributed by atoms with Crippen LogP contribution in [0.1, 0.15) is 0 Å². The highest BCUT2D eigenvalue weighted by Crippen LogP contribution is 2.33. The molecule has 2 rings (SSSR count). The van der Waals surface area contributed by atoms with Crippen molar-refractivity contribution >= 4 is 31.9 Å². The number of halogens is 4. The summed E-state index contributed by atoms with van der Waals surface area (Å²) in [6.45, 7) is -0.346. The van der Waals surface area contributed by atoms with Gasteiger partial charge >= 0.3 is 0 Å². The fourth-order valence-corrected chi connectivity index (χ4v) is 2.23. The Morgan fingerprint density at radius 2 is 1.22 bits per heavy atom. The van der Waals surface area contributed by atoms with E-state index in [1.54, 1.807) is 6.07 Å². The molecule has 0 aromatic heterocycles. The van der Waals surface area contributed by atoms with Gasteiger partial charge < -0.3 is 18.9 Å². The van der Waals surface area contributed by atoms with Crippen molar-refractivity contribution in [3.8, 4) is 23.0 Å². The largest absolute Gasteiger partial charge is 0.478 e. The van der Waals surface area contributed by atoms with E-state index < -0.39 is 11.6 Å². The Balaban J connectivity index is 2.07. The van der Waals surface area contributed by atoms with Gasteiger partial charge in [-0.1, -0.05) is 12.1 Å². The van der Waals surface area contributed by atoms with Crippen LogP contribution in [0.4, 0.5) is 8.78 Å². The number of ether oxygens (including phenoxy) is 4. The summed E-state index contributed by atoms with van der Waals surface area (Å²) < 4.78 is 48.4. The second-order valence-corrected chi connectivity index (χ2v) is 4.96. The summed E-state index contributed by atoms with van der Waals surface area (Å²) in [6.07, 6.45) is 0. The summed E-state index contributed by atoms with van der Waals surface area (Å²) in [5.74, 6) is -0.950. The maximum atomic E-state index is 13.8. The monoisotopic (exact) mass is 452 g/mol. The highest BCUT2D eigenvalue weighted by molar-refractivity contribution is 9.09. The Hall–Kier alpha value is -1.54. The lowest BCUT2D eigenvalue weighted by molar-refractivity contribution is 0.107. The average molecular weight is 454 g/mol. The van der Waals surface area contributed by atoms with Crippen LogP contribution in [0.5, 0.6) is 23.0 Å². The van der Waals surface area contributed by atoms with Crippen molar-refractivity contribution < 1.29 is 27.7 Å². The van der Waals surface area contributed by atoms with Crippen molar-refractivity contribution in [2.45, 2.75) is 0 Å². The number of hydrogen-bond acceptors (Lipinski definition) is 4. The highest BCUT2D eigenvalue weighted by Gasteiger charge is 2.14. The predicted molar refractivity (Wildman–Crippen MR) is 87.8 cm³/mol. The molecule has 8 heteroatoms. The number of alkyl halides is 2. The van der Waals surface area contributed by atoms with Gasteiger partial charge in [0.15, 0.2) is 28.9 Å². The van der Waals surface area contributed by atoms with Gasteiger partial charge in [-0.15, -0.1) is 0 Å². The first-order chi connectivity index (χ1) is 11.2. The molecule has 124 valence electrons. The molecule has 0 aliphatic rings. The van der Waals surface area contributed by atoms with Gasteiger partial charge in [0.2, 0.25) is 12.5 Å². The zero-order chi connectivity index (χ0) is 16.7. The van der Waals surface area contributed by atoms with Gasteiger partial charge in [-0.25, -0.2) is 8.78 Å². The molecule has 0 atom stereocenters. The van der Waals surface area contributed by atoms with E-state index in [2.05, 4.69) is 31.9 Å². The molecule has 2 aromatic rings. The van der Waals surface area contributed by atoms with Crippen molar-refractivity contribution in [2.75, 3.05) is 17.8 Å². The third kappa shape index (κ3) is 4.71. The van der Waals surface area contributed by atoms with Crippen LogP contribution in [0, 0.1) is 11.6 Å². The quantitative estimate of drug-likeness (QED) is 0.423.